The van der Waals surface area contributed by atoms with E-state index in [0.717, 1.165) is 4.47 Å². The highest BCUT2D eigenvalue weighted by Crippen LogP contribution is 2.10. The Kier molecular flexibility index (Phi) is 8.58. The number of hydrogen-bond acceptors (Lipinski definition) is 2. The number of carbonyl (C=O) groups excluding carboxylic acids is 1. The third-order valence-electron chi connectivity index (χ3n) is 2.29. The number of halogens is 2. The first-order valence-electron chi connectivity index (χ1n) is 6.40. The highest BCUT2D eigenvalue weighted by molar-refractivity contribution is 9.10. The molecule has 1 amide bonds. The molecule has 0 radical (unpaired) electrons. The smallest absolute Gasteiger partial charge is 0.251 e. The molecule has 4 N–H and O–H groups in total. The van der Waals surface area contributed by atoms with Gasteiger partial charge in [0.1, 0.15) is 0 Å². The Morgan fingerprint density at radius 1 is 1.29 bits per heavy atom. The number of aliphatic imine (C=N–C) groups is 1. The van der Waals surface area contributed by atoms with Gasteiger partial charge in [0.25, 0.3) is 5.91 Å². The quantitative estimate of drug-likeness (QED) is 0.397. The Hall–Kier alpha value is -1.08. The van der Waals surface area contributed by atoms with Crippen LogP contribution in [0.15, 0.2) is 33.7 Å². The summed E-state index contributed by atoms with van der Waals surface area (Å²) in [6.45, 7) is 6.90. The van der Waals surface area contributed by atoms with Crippen molar-refractivity contribution in [3.8, 4) is 0 Å². The van der Waals surface area contributed by atoms with Gasteiger partial charge in [0.15, 0.2) is 5.96 Å². The van der Waals surface area contributed by atoms with Crippen LogP contribution >= 0.6 is 32.9 Å². The van der Waals surface area contributed by atoms with Gasteiger partial charge in [0, 0.05) is 22.1 Å². The minimum absolute atomic E-state index is 0. The monoisotopic (exact) mass is 420 g/mol. The van der Waals surface area contributed by atoms with Crippen molar-refractivity contribution < 1.29 is 4.79 Å². The summed E-state index contributed by atoms with van der Waals surface area (Å²) in [6.07, 6.45) is 0. The molecule has 0 bridgehead atoms. The van der Waals surface area contributed by atoms with Crippen LogP contribution in [0.4, 0.5) is 0 Å². The summed E-state index contributed by atoms with van der Waals surface area (Å²) in [7, 11) is 0. The fourth-order valence-corrected chi connectivity index (χ4v) is 1.74. The van der Waals surface area contributed by atoms with Crippen molar-refractivity contribution in [2.24, 2.45) is 10.7 Å². The third-order valence-corrected chi connectivity index (χ3v) is 2.82. The SMILES string of the molecule is Br.CC(C)(C)NC(N)=NCCNC(=O)c1ccc(Br)cc1. The molecule has 0 aliphatic heterocycles. The van der Waals surface area contributed by atoms with Gasteiger partial charge in [-0.3, -0.25) is 9.79 Å². The number of carbonyl (C=O) groups is 1. The van der Waals surface area contributed by atoms with Crippen molar-refractivity contribution in [1.82, 2.24) is 10.6 Å². The Labute approximate surface area is 144 Å². The molecular weight excluding hydrogens is 400 g/mol. The standard InChI is InChI=1S/C14H21BrN4O.BrH/c1-14(2,3)19-13(16)18-9-8-17-12(20)10-4-6-11(15)7-5-10;/h4-7H,8-9H2,1-3H3,(H,17,20)(H3,16,18,19);1H. The molecular formula is C14H22Br2N4O. The van der Waals surface area contributed by atoms with E-state index >= 15 is 0 Å². The maximum atomic E-state index is 11.8. The zero-order valence-corrected chi connectivity index (χ0v) is 15.7. The van der Waals surface area contributed by atoms with Crippen LogP contribution in [0.3, 0.4) is 0 Å². The number of hydrogen-bond donors (Lipinski definition) is 3. The highest BCUT2D eigenvalue weighted by atomic mass is 79.9. The number of benzene rings is 1. The highest BCUT2D eigenvalue weighted by Gasteiger charge is 2.09. The molecule has 0 saturated carbocycles. The van der Waals surface area contributed by atoms with Crippen molar-refractivity contribution in [1.29, 1.82) is 0 Å². The first kappa shape index (κ1) is 19.9. The van der Waals surface area contributed by atoms with Crippen molar-refractivity contribution in [2.45, 2.75) is 26.3 Å². The first-order valence-corrected chi connectivity index (χ1v) is 7.19. The largest absolute Gasteiger partial charge is 0.370 e. The van der Waals surface area contributed by atoms with Crippen molar-refractivity contribution in [2.75, 3.05) is 13.1 Å². The molecule has 0 heterocycles. The van der Waals surface area contributed by atoms with Crippen LogP contribution in [0.1, 0.15) is 31.1 Å². The zero-order chi connectivity index (χ0) is 15.2. The van der Waals surface area contributed by atoms with Crippen LogP contribution < -0.4 is 16.4 Å². The van der Waals surface area contributed by atoms with E-state index in [0.29, 0.717) is 24.6 Å². The van der Waals surface area contributed by atoms with E-state index in [1.165, 1.54) is 0 Å². The van der Waals surface area contributed by atoms with Gasteiger partial charge in [-0.15, -0.1) is 17.0 Å². The molecule has 21 heavy (non-hydrogen) atoms. The minimum Gasteiger partial charge on any atom is -0.370 e. The average molecular weight is 422 g/mol. The molecule has 1 aromatic rings. The fraction of sp³-hybridized carbons (Fsp3) is 0.429. The van der Waals surface area contributed by atoms with E-state index in [1.54, 1.807) is 12.1 Å². The number of nitrogens with one attached hydrogen (secondary N) is 2. The molecule has 1 rings (SSSR count). The van der Waals surface area contributed by atoms with Crippen LogP contribution in [0.5, 0.6) is 0 Å². The second-order valence-electron chi connectivity index (χ2n) is 5.40. The Morgan fingerprint density at radius 2 is 1.86 bits per heavy atom. The average Bonchev–Trinajstić information content (AvgIpc) is 2.33. The lowest BCUT2D eigenvalue weighted by Gasteiger charge is -2.20. The van der Waals surface area contributed by atoms with Gasteiger partial charge < -0.3 is 16.4 Å². The maximum Gasteiger partial charge on any atom is 0.251 e. The van der Waals surface area contributed by atoms with Crippen LogP contribution in [-0.4, -0.2) is 30.5 Å². The molecule has 0 atom stereocenters. The molecule has 0 aliphatic carbocycles. The van der Waals surface area contributed by atoms with Gasteiger partial charge in [-0.1, -0.05) is 15.9 Å². The van der Waals surface area contributed by atoms with E-state index < -0.39 is 0 Å². The summed E-state index contributed by atoms with van der Waals surface area (Å²) in [5.41, 5.74) is 6.23. The van der Waals surface area contributed by atoms with E-state index in [-0.39, 0.29) is 28.4 Å². The molecule has 7 heteroatoms. The van der Waals surface area contributed by atoms with Gasteiger partial charge in [-0.2, -0.15) is 0 Å². The van der Waals surface area contributed by atoms with E-state index in [2.05, 4.69) is 31.6 Å². The number of rotatable bonds is 4. The summed E-state index contributed by atoms with van der Waals surface area (Å²) >= 11 is 3.33. The van der Waals surface area contributed by atoms with Crippen molar-refractivity contribution >= 4 is 44.8 Å². The van der Waals surface area contributed by atoms with Crippen molar-refractivity contribution in [3.05, 3.63) is 34.3 Å². The summed E-state index contributed by atoms with van der Waals surface area (Å²) in [5, 5.41) is 5.85. The second kappa shape index (κ2) is 9.04. The second-order valence-corrected chi connectivity index (χ2v) is 6.32. The number of guanidine groups is 1. The van der Waals surface area contributed by atoms with Crippen LogP contribution in [0.2, 0.25) is 0 Å². The molecule has 0 fully saturated rings. The van der Waals surface area contributed by atoms with Gasteiger partial charge in [-0.05, 0) is 45.0 Å². The predicted molar refractivity (Wildman–Crippen MR) is 96.2 cm³/mol. The molecule has 0 aliphatic rings. The summed E-state index contributed by atoms with van der Waals surface area (Å²) in [5.74, 6) is 0.269. The number of amides is 1. The van der Waals surface area contributed by atoms with E-state index in [4.69, 9.17) is 5.73 Å². The first-order chi connectivity index (χ1) is 9.28. The number of nitrogens with two attached hydrogens (primary N) is 1. The molecule has 0 aromatic heterocycles. The predicted octanol–water partition coefficient (Wildman–Crippen LogP) is 2.46. The topological polar surface area (TPSA) is 79.5 Å². The summed E-state index contributed by atoms with van der Waals surface area (Å²) in [4.78, 5) is 16.0. The molecule has 1 aromatic carbocycles. The van der Waals surface area contributed by atoms with Crippen LogP contribution in [-0.2, 0) is 0 Å². The summed E-state index contributed by atoms with van der Waals surface area (Å²) < 4.78 is 0.944. The fourth-order valence-electron chi connectivity index (χ4n) is 1.47. The van der Waals surface area contributed by atoms with Crippen LogP contribution in [0.25, 0.3) is 0 Å². The Morgan fingerprint density at radius 3 is 2.38 bits per heavy atom. The van der Waals surface area contributed by atoms with Gasteiger partial charge >= 0.3 is 0 Å². The maximum absolute atomic E-state index is 11.8. The van der Waals surface area contributed by atoms with E-state index in [1.807, 2.05) is 32.9 Å². The molecule has 0 unspecified atom stereocenters. The lowest BCUT2D eigenvalue weighted by Crippen LogP contribution is -2.45. The lowest BCUT2D eigenvalue weighted by molar-refractivity contribution is 0.0955. The molecule has 0 saturated heterocycles. The zero-order valence-electron chi connectivity index (χ0n) is 12.4. The molecule has 0 spiro atoms. The lowest BCUT2D eigenvalue weighted by atomic mass is 10.1. The van der Waals surface area contributed by atoms with Gasteiger partial charge in [0.05, 0.1) is 6.54 Å². The van der Waals surface area contributed by atoms with Gasteiger partial charge in [0.2, 0.25) is 0 Å². The van der Waals surface area contributed by atoms with Crippen LogP contribution in [0, 0.1) is 0 Å². The van der Waals surface area contributed by atoms with E-state index in [9.17, 15) is 4.79 Å². The molecule has 118 valence electrons. The normalized spacial score (nSPS) is 11.5. The van der Waals surface area contributed by atoms with Crippen molar-refractivity contribution in [3.63, 3.8) is 0 Å². The van der Waals surface area contributed by atoms with Gasteiger partial charge in [-0.25, -0.2) is 0 Å². The number of nitrogens with zero attached hydrogens (tertiary/aromatic N) is 1. The Bertz CT molecular complexity index is 481. The summed E-state index contributed by atoms with van der Waals surface area (Å²) in [6, 6.07) is 7.19. The Balaban J connectivity index is 0.00000400. The molecule has 5 nitrogen and oxygen atoms in total. The third kappa shape index (κ3) is 8.72. The minimum atomic E-state index is -0.117.